The molecule has 4 nitrogen and oxygen atoms in total. The van der Waals surface area contributed by atoms with Gasteiger partial charge in [0.25, 0.3) is 0 Å². The van der Waals surface area contributed by atoms with Crippen LogP contribution in [0.1, 0.15) is 41.5 Å². The van der Waals surface area contributed by atoms with Gasteiger partial charge in [-0.2, -0.15) is 0 Å². The Morgan fingerprint density at radius 1 is 0.912 bits per heavy atom. The van der Waals surface area contributed by atoms with Crippen LogP contribution >= 0.6 is 11.6 Å². The zero-order valence-electron chi connectivity index (χ0n) is 19.1. The number of nitrogens with zero attached hydrogens (tertiary/aromatic N) is 2. The molecular formula is C29H28ClN3O. The van der Waals surface area contributed by atoms with E-state index < -0.39 is 0 Å². The number of aryl methyl sites for hydroxylation is 2. The molecule has 1 N–H and O–H groups in total. The van der Waals surface area contributed by atoms with E-state index in [1.165, 1.54) is 11.1 Å². The minimum absolute atomic E-state index is 0.0919. The average molecular weight is 470 g/mol. The van der Waals surface area contributed by atoms with Crippen molar-refractivity contribution in [2.45, 2.75) is 38.5 Å². The number of benzene rings is 3. The number of allylic oxidation sites excluding steroid dienone is 1. The highest BCUT2D eigenvalue weighted by Crippen LogP contribution is 2.32. The van der Waals surface area contributed by atoms with Crippen molar-refractivity contribution in [3.8, 4) is 0 Å². The Balaban J connectivity index is 1.55. The molecule has 0 spiro atoms. The Bertz CT molecular complexity index is 1210. The standard InChI is InChI=1S/C29H28ClN3O/c1-31-29-25-12-6-5-11-23(25)16-19-26(29)32-27(13-7-10-21-8-3-2-4-9-21)33-28(34)20-22-14-17-24(30)18-15-22/h2-6,8-9,11-12,14-15,17-18H,1,7,10,13,16,19-20H2,(H,32,33,34). The first-order valence-corrected chi connectivity index (χ1v) is 11.9. The SMILES string of the molecule is C=NC1=C(N=C(CCCc2ccccc2)NC(=O)Cc2ccc(Cl)cc2)CCc2ccccc21. The number of amidine groups is 1. The normalized spacial score (nSPS) is 13.4. The predicted molar refractivity (Wildman–Crippen MR) is 141 cm³/mol. The molecule has 0 aliphatic heterocycles. The topological polar surface area (TPSA) is 53.8 Å². The summed E-state index contributed by atoms with van der Waals surface area (Å²) in [5.41, 5.74) is 6.17. The second-order valence-electron chi connectivity index (χ2n) is 8.36. The minimum atomic E-state index is -0.0919. The number of carbonyl (C=O) groups excluding carboxylic acids is 1. The van der Waals surface area contributed by atoms with Crippen molar-refractivity contribution >= 4 is 35.8 Å². The highest BCUT2D eigenvalue weighted by atomic mass is 35.5. The molecule has 34 heavy (non-hydrogen) atoms. The van der Waals surface area contributed by atoms with E-state index in [0.717, 1.165) is 48.2 Å². The van der Waals surface area contributed by atoms with Crippen molar-refractivity contribution in [1.29, 1.82) is 0 Å². The van der Waals surface area contributed by atoms with Crippen LogP contribution < -0.4 is 5.32 Å². The van der Waals surface area contributed by atoms with Gasteiger partial charge in [-0.25, -0.2) is 4.99 Å². The molecule has 4 rings (SSSR count). The van der Waals surface area contributed by atoms with Gasteiger partial charge in [-0.1, -0.05) is 78.3 Å². The third kappa shape index (κ3) is 6.30. The zero-order chi connectivity index (χ0) is 23.8. The molecule has 0 radical (unpaired) electrons. The summed E-state index contributed by atoms with van der Waals surface area (Å²) in [5, 5.41) is 3.72. The number of carbonyl (C=O) groups is 1. The van der Waals surface area contributed by atoms with E-state index in [4.69, 9.17) is 16.6 Å². The Kier molecular flexibility index (Phi) is 8.05. The number of nitrogens with one attached hydrogen (secondary N) is 1. The van der Waals surface area contributed by atoms with Crippen LogP contribution in [-0.4, -0.2) is 18.5 Å². The molecule has 0 saturated carbocycles. The quantitative estimate of drug-likeness (QED) is 0.299. The van der Waals surface area contributed by atoms with Crippen LogP contribution in [0.2, 0.25) is 5.02 Å². The summed E-state index contributed by atoms with van der Waals surface area (Å²) in [6.07, 6.45) is 4.39. The molecule has 0 saturated heterocycles. The maximum atomic E-state index is 12.9. The summed E-state index contributed by atoms with van der Waals surface area (Å²) in [4.78, 5) is 22.1. The maximum Gasteiger partial charge on any atom is 0.229 e. The molecule has 0 heterocycles. The fourth-order valence-corrected chi connectivity index (χ4v) is 4.31. The summed E-state index contributed by atoms with van der Waals surface area (Å²) in [6, 6.07) is 25.9. The van der Waals surface area contributed by atoms with Crippen LogP contribution in [0, 0.1) is 0 Å². The number of halogens is 1. The van der Waals surface area contributed by atoms with Crippen molar-refractivity contribution in [3.05, 3.63) is 112 Å². The van der Waals surface area contributed by atoms with E-state index in [2.05, 4.69) is 41.3 Å². The van der Waals surface area contributed by atoms with E-state index in [-0.39, 0.29) is 12.3 Å². The maximum absolute atomic E-state index is 12.9. The minimum Gasteiger partial charge on any atom is -0.314 e. The number of hydrogen-bond acceptors (Lipinski definition) is 3. The van der Waals surface area contributed by atoms with E-state index >= 15 is 0 Å². The van der Waals surface area contributed by atoms with Gasteiger partial charge in [-0.3, -0.25) is 9.79 Å². The molecule has 1 aliphatic rings. The number of rotatable bonds is 8. The number of aliphatic imine (C=N–C) groups is 2. The van der Waals surface area contributed by atoms with Crippen LogP contribution in [0.25, 0.3) is 5.70 Å². The molecule has 0 atom stereocenters. The van der Waals surface area contributed by atoms with E-state index in [1.807, 2.05) is 42.5 Å². The average Bonchev–Trinajstić information content (AvgIpc) is 2.86. The fraction of sp³-hybridized carbons (Fsp3) is 0.207. The molecule has 172 valence electrons. The second-order valence-corrected chi connectivity index (χ2v) is 8.80. The van der Waals surface area contributed by atoms with Gasteiger partial charge in [0, 0.05) is 17.0 Å². The first-order chi connectivity index (χ1) is 16.6. The monoisotopic (exact) mass is 469 g/mol. The highest BCUT2D eigenvalue weighted by Gasteiger charge is 2.19. The highest BCUT2D eigenvalue weighted by molar-refractivity contribution is 6.30. The van der Waals surface area contributed by atoms with Crippen molar-refractivity contribution in [1.82, 2.24) is 5.32 Å². The zero-order valence-corrected chi connectivity index (χ0v) is 19.9. The summed E-state index contributed by atoms with van der Waals surface area (Å²) >= 11 is 5.97. The fourth-order valence-electron chi connectivity index (χ4n) is 4.19. The number of fused-ring (bicyclic) bond motifs is 1. The first kappa shape index (κ1) is 23.7. The Morgan fingerprint density at radius 2 is 1.65 bits per heavy atom. The third-order valence-corrected chi connectivity index (χ3v) is 6.14. The van der Waals surface area contributed by atoms with Gasteiger partial charge in [-0.15, -0.1) is 0 Å². The summed E-state index contributed by atoms with van der Waals surface area (Å²) in [7, 11) is 0. The third-order valence-electron chi connectivity index (χ3n) is 5.89. The van der Waals surface area contributed by atoms with Crippen LogP contribution in [0.4, 0.5) is 0 Å². The molecule has 3 aromatic carbocycles. The summed E-state index contributed by atoms with van der Waals surface area (Å²) in [5.74, 6) is 0.580. The molecule has 0 aromatic heterocycles. The van der Waals surface area contributed by atoms with Crippen molar-refractivity contribution in [2.24, 2.45) is 9.98 Å². The molecule has 0 fully saturated rings. The Labute approximate surface area is 206 Å². The van der Waals surface area contributed by atoms with Crippen molar-refractivity contribution in [3.63, 3.8) is 0 Å². The lowest BCUT2D eigenvalue weighted by Gasteiger charge is -2.19. The molecule has 5 heteroatoms. The van der Waals surface area contributed by atoms with E-state index in [1.54, 1.807) is 12.1 Å². The summed E-state index contributed by atoms with van der Waals surface area (Å²) in [6.45, 7) is 3.79. The van der Waals surface area contributed by atoms with Gasteiger partial charge in [-0.05, 0) is 61.2 Å². The molecule has 0 bridgehead atoms. The summed E-state index contributed by atoms with van der Waals surface area (Å²) < 4.78 is 0. The van der Waals surface area contributed by atoms with E-state index in [9.17, 15) is 4.79 Å². The van der Waals surface area contributed by atoms with Gasteiger partial charge in [0.1, 0.15) is 5.84 Å². The van der Waals surface area contributed by atoms with Gasteiger partial charge < -0.3 is 5.32 Å². The van der Waals surface area contributed by atoms with E-state index in [0.29, 0.717) is 17.3 Å². The molecule has 0 unspecified atom stereocenters. The second kappa shape index (κ2) is 11.6. The Hall–Kier alpha value is -3.50. The Morgan fingerprint density at radius 3 is 2.41 bits per heavy atom. The van der Waals surface area contributed by atoms with Gasteiger partial charge in [0.15, 0.2) is 0 Å². The van der Waals surface area contributed by atoms with Crippen molar-refractivity contribution in [2.75, 3.05) is 0 Å². The van der Waals surface area contributed by atoms with Gasteiger partial charge in [0.05, 0.1) is 17.8 Å². The number of hydrogen-bond donors (Lipinski definition) is 1. The molecule has 1 aliphatic carbocycles. The molecule has 3 aromatic rings. The lowest BCUT2D eigenvalue weighted by Crippen LogP contribution is -2.32. The predicted octanol–water partition coefficient (Wildman–Crippen LogP) is 6.44. The first-order valence-electron chi connectivity index (χ1n) is 11.6. The van der Waals surface area contributed by atoms with Gasteiger partial charge >= 0.3 is 0 Å². The van der Waals surface area contributed by atoms with Gasteiger partial charge in [0.2, 0.25) is 5.91 Å². The largest absolute Gasteiger partial charge is 0.314 e. The van der Waals surface area contributed by atoms with Crippen LogP contribution in [-0.2, 0) is 24.1 Å². The molecule has 1 amide bonds. The van der Waals surface area contributed by atoms with Crippen LogP contribution in [0.15, 0.2) is 94.5 Å². The van der Waals surface area contributed by atoms with Crippen molar-refractivity contribution < 1.29 is 4.79 Å². The smallest absolute Gasteiger partial charge is 0.229 e. The number of amides is 1. The lowest BCUT2D eigenvalue weighted by atomic mass is 9.93. The van der Waals surface area contributed by atoms with Crippen LogP contribution in [0.5, 0.6) is 0 Å². The molecular weight excluding hydrogens is 442 g/mol. The lowest BCUT2D eigenvalue weighted by molar-refractivity contribution is -0.119. The van der Waals surface area contributed by atoms with Crippen LogP contribution in [0.3, 0.4) is 0 Å².